The van der Waals surface area contributed by atoms with Crippen LogP contribution in [0.25, 0.3) is 0 Å². The highest BCUT2D eigenvalue weighted by molar-refractivity contribution is 8.77. The van der Waals surface area contributed by atoms with Crippen molar-refractivity contribution in [2.24, 2.45) is 0 Å². The second-order valence-corrected chi connectivity index (χ2v) is 7.69. The van der Waals surface area contributed by atoms with E-state index < -0.39 is 12.0 Å². The molecule has 1 saturated heterocycles. The van der Waals surface area contributed by atoms with Gasteiger partial charge in [-0.05, 0) is 25.7 Å². The fraction of sp³-hybridized carbons (Fsp3) is 0.786. The first kappa shape index (κ1) is 21.0. The Morgan fingerprint density at radius 3 is 2.55 bits per heavy atom. The summed E-state index contributed by atoms with van der Waals surface area (Å²) in [5.74, 6) is 0.177. The molecule has 1 aliphatic heterocycles. The molecule has 0 aromatic carbocycles. The fourth-order valence-corrected chi connectivity index (χ4v) is 5.06. The fourth-order valence-electron chi connectivity index (χ4n) is 2.03. The third-order valence-corrected chi connectivity index (χ3v) is 6.12. The van der Waals surface area contributed by atoms with Gasteiger partial charge in [-0.1, -0.05) is 41.4 Å². The van der Waals surface area contributed by atoms with Gasteiger partial charge in [-0.2, -0.15) is 9.59 Å². The van der Waals surface area contributed by atoms with E-state index in [1.54, 1.807) is 0 Å². The van der Waals surface area contributed by atoms with E-state index in [0.29, 0.717) is 12.8 Å². The summed E-state index contributed by atoms with van der Waals surface area (Å²) in [5.41, 5.74) is 0. The van der Waals surface area contributed by atoms with Crippen molar-refractivity contribution in [2.75, 3.05) is 5.75 Å². The molecule has 6 nitrogen and oxygen atoms in total. The van der Waals surface area contributed by atoms with Crippen LogP contribution in [0.3, 0.4) is 0 Å². The minimum Gasteiger partial charge on any atom is -0.480 e. The van der Waals surface area contributed by atoms with E-state index in [1.807, 2.05) is 28.5 Å². The maximum absolute atomic E-state index is 11.6. The molecule has 1 amide bonds. The summed E-state index contributed by atoms with van der Waals surface area (Å²) in [4.78, 5) is 38.8. The highest BCUT2D eigenvalue weighted by Gasteiger charge is 2.19. The van der Waals surface area contributed by atoms with Crippen molar-refractivity contribution < 1.29 is 24.3 Å². The lowest BCUT2D eigenvalue weighted by Gasteiger charge is -2.13. The lowest BCUT2D eigenvalue weighted by molar-refractivity contribution is -0.191. The molecule has 2 N–H and O–H groups in total. The molecule has 0 aromatic rings. The first-order valence-electron chi connectivity index (χ1n) is 7.34. The van der Waals surface area contributed by atoms with Gasteiger partial charge in [0.25, 0.3) is 0 Å². The summed E-state index contributed by atoms with van der Waals surface area (Å²) in [6.07, 6.45) is 6.30. The Morgan fingerprint density at radius 2 is 2.05 bits per heavy atom. The Kier molecular flexibility index (Phi) is 13.1. The number of amides is 1. The number of carboxylic acid groups (broad SMARTS) is 1. The topological polar surface area (TPSA) is 101 Å². The van der Waals surface area contributed by atoms with Crippen LogP contribution >= 0.6 is 21.6 Å². The second-order valence-electron chi connectivity index (χ2n) is 4.91. The van der Waals surface area contributed by atoms with E-state index in [9.17, 15) is 9.59 Å². The molecule has 0 aliphatic carbocycles. The number of hydrogen-bond acceptors (Lipinski definition) is 6. The van der Waals surface area contributed by atoms with E-state index in [2.05, 4.69) is 5.32 Å². The molecule has 2 atom stereocenters. The van der Waals surface area contributed by atoms with Crippen molar-refractivity contribution >= 4 is 39.6 Å². The van der Waals surface area contributed by atoms with Gasteiger partial charge in [0.2, 0.25) is 5.91 Å². The summed E-state index contributed by atoms with van der Waals surface area (Å²) in [6, 6.07) is -0.723. The van der Waals surface area contributed by atoms with Gasteiger partial charge >= 0.3 is 12.1 Å². The van der Waals surface area contributed by atoms with E-state index in [1.165, 1.54) is 18.6 Å². The minimum absolute atomic E-state index is 0.130. The van der Waals surface area contributed by atoms with E-state index in [4.69, 9.17) is 14.7 Å². The molecule has 1 rings (SSSR count). The maximum atomic E-state index is 11.6. The number of hydrogen-bond donors (Lipinski definition) is 2. The smallest absolute Gasteiger partial charge is 0.373 e. The lowest BCUT2D eigenvalue weighted by atomic mass is 10.1. The summed E-state index contributed by atoms with van der Waals surface area (Å²) in [5, 5.41) is 12.3. The standard InChI is InChI=1S/C13H23NO3S2.CO2/c1-2-5-11(13(16)17)14-12(15)7-4-3-6-10-8-9-18-19-10;2-1-3/h10-11H,2-9H2,1H3,(H,14,15)(H,16,17);/t10-,11+;/m1./s1. The van der Waals surface area contributed by atoms with Crippen molar-refractivity contribution in [3.05, 3.63) is 0 Å². The predicted molar refractivity (Wildman–Crippen MR) is 86.4 cm³/mol. The average molecular weight is 349 g/mol. The van der Waals surface area contributed by atoms with Gasteiger partial charge < -0.3 is 10.4 Å². The van der Waals surface area contributed by atoms with Crippen molar-refractivity contribution in [2.45, 2.75) is 63.2 Å². The van der Waals surface area contributed by atoms with E-state index in [-0.39, 0.29) is 12.1 Å². The molecule has 0 saturated carbocycles. The van der Waals surface area contributed by atoms with Gasteiger partial charge in [-0.15, -0.1) is 0 Å². The number of nitrogens with one attached hydrogen (secondary N) is 1. The Morgan fingerprint density at radius 1 is 1.36 bits per heavy atom. The molecule has 0 aromatic heterocycles. The highest BCUT2D eigenvalue weighted by atomic mass is 33.1. The molecule has 0 spiro atoms. The molecular weight excluding hydrogens is 326 g/mol. The quantitative estimate of drug-likeness (QED) is 0.487. The van der Waals surface area contributed by atoms with Crippen LogP contribution in [0.5, 0.6) is 0 Å². The summed E-state index contributed by atoms with van der Waals surface area (Å²) < 4.78 is 0. The van der Waals surface area contributed by atoms with Crippen LogP contribution in [0.2, 0.25) is 0 Å². The molecule has 1 aliphatic rings. The van der Waals surface area contributed by atoms with Crippen molar-refractivity contribution in [3.63, 3.8) is 0 Å². The Hall–Kier alpha value is -0.980. The minimum atomic E-state index is -0.936. The molecule has 1 heterocycles. The van der Waals surface area contributed by atoms with Crippen molar-refractivity contribution in [3.8, 4) is 0 Å². The number of rotatable bonds is 9. The Labute approximate surface area is 138 Å². The van der Waals surface area contributed by atoms with Crippen LogP contribution in [0.1, 0.15) is 51.9 Å². The highest BCUT2D eigenvalue weighted by Crippen LogP contribution is 2.39. The van der Waals surface area contributed by atoms with Crippen LogP contribution in [-0.4, -0.2) is 40.2 Å². The Bertz CT molecular complexity index is 366. The van der Waals surface area contributed by atoms with E-state index >= 15 is 0 Å². The zero-order valence-corrected chi connectivity index (χ0v) is 14.3. The van der Waals surface area contributed by atoms with Gasteiger partial charge in [0, 0.05) is 17.4 Å². The molecule has 22 heavy (non-hydrogen) atoms. The van der Waals surface area contributed by atoms with Gasteiger partial charge in [0.1, 0.15) is 6.04 Å². The first-order valence-corrected chi connectivity index (χ1v) is 9.73. The number of carboxylic acids is 1. The van der Waals surface area contributed by atoms with Crippen LogP contribution in [-0.2, 0) is 19.2 Å². The maximum Gasteiger partial charge on any atom is 0.373 e. The zero-order valence-electron chi connectivity index (χ0n) is 12.7. The largest absolute Gasteiger partial charge is 0.480 e. The molecule has 126 valence electrons. The monoisotopic (exact) mass is 349 g/mol. The van der Waals surface area contributed by atoms with Crippen LogP contribution in [0, 0.1) is 0 Å². The molecule has 0 unspecified atom stereocenters. The van der Waals surface area contributed by atoms with Crippen molar-refractivity contribution in [1.29, 1.82) is 0 Å². The Balaban J connectivity index is 0.00000135. The molecule has 8 heteroatoms. The summed E-state index contributed by atoms with van der Waals surface area (Å²) >= 11 is 0. The van der Waals surface area contributed by atoms with Crippen molar-refractivity contribution in [1.82, 2.24) is 5.32 Å². The normalized spacial score (nSPS) is 17.8. The number of carbonyl (C=O) groups excluding carboxylic acids is 3. The van der Waals surface area contributed by atoms with Gasteiger partial charge in [-0.3, -0.25) is 4.79 Å². The van der Waals surface area contributed by atoms with Crippen LogP contribution < -0.4 is 5.32 Å². The SMILES string of the molecule is CCC[C@H](NC(=O)CCCC[C@@H]1CCSS1)C(=O)O.O=C=O. The van der Waals surface area contributed by atoms with Crippen LogP contribution in [0.15, 0.2) is 0 Å². The number of carbonyl (C=O) groups is 2. The predicted octanol–water partition coefficient (Wildman–Crippen LogP) is 2.49. The lowest BCUT2D eigenvalue weighted by Crippen LogP contribution is -2.40. The van der Waals surface area contributed by atoms with E-state index in [0.717, 1.165) is 24.5 Å². The third kappa shape index (κ3) is 10.7. The third-order valence-electron chi connectivity index (χ3n) is 3.12. The summed E-state index contributed by atoms with van der Waals surface area (Å²) in [7, 11) is 3.90. The van der Waals surface area contributed by atoms with Gasteiger partial charge in [0.05, 0.1) is 0 Å². The zero-order chi connectivity index (χ0) is 16.8. The second kappa shape index (κ2) is 13.7. The number of aliphatic carboxylic acids is 1. The molecular formula is C14H23NO5S2. The molecule has 1 fully saturated rings. The molecule has 0 radical (unpaired) electrons. The molecule has 0 bridgehead atoms. The van der Waals surface area contributed by atoms with Crippen LogP contribution in [0.4, 0.5) is 0 Å². The van der Waals surface area contributed by atoms with Gasteiger partial charge in [-0.25, -0.2) is 4.79 Å². The number of unbranched alkanes of at least 4 members (excludes halogenated alkanes) is 1. The summed E-state index contributed by atoms with van der Waals surface area (Å²) in [6.45, 7) is 1.92. The van der Waals surface area contributed by atoms with Gasteiger partial charge in [0.15, 0.2) is 0 Å². The first-order chi connectivity index (χ1) is 10.5. The average Bonchev–Trinajstić information content (AvgIpc) is 2.97.